The molecule has 136 valence electrons. The molecule has 0 unspecified atom stereocenters. The van der Waals surface area contributed by atoms with Crippen LogP contribution in [-0.2, 0) is 13.7 Å². The average Bonchev–Trinajstić information content (AvgIpc) is 2.58. The molecule has 2 aromatic rings. The van der Waals surface area contributed by atoms with Crippen molar-refractivity contribution >= 4 is 31.2 Å². The number of nitriles is 1. The second-order valence-electron chi connectivity index (χ2n) is 5.13. The molecule has 0 saturated heterocycles. The molecule has 25 heavy (non-hydrogen) atoms. The highest BCUT2D eigenvalue weighted by molar-refractivity contribution is 8.33. The Bertz CT molecular complexity index is 930. The van der Waals surface area contributed by atoms with Crippen molar-refractivity contribution in [2.24, 2.45) is 0 Å². The van der Waals surface area contributed by atoms with Gasteiger partial charge >= 0.3 is 15.6 Å². The smallest absolute Gasteiger partial charge is 0.209 e. The van der Waals surface area contributed by atoms with Gasteiger partial charge in [0.2, 0.25) is 0 Å². The Morgan fingerprint density at radius 1 is 1.04 bits per heavy atom. The molecule has 4 nitrogen and oxygen atoms in total. The molecule has 0 aliphatic rings. The SMILES string of the molecule is CCS(CC)(OS(=O)(=O)C(F)(F)F)c1ccc(C#N)c2ccccc12. The van der Waals surface area contributed by atoms with Crippen LogP contribution in [-0.4, -0.2) is 25.4 Å². The van der Waals surface area contributed by atoms with Gasteiger partial charge in [0.15, 0.2) is 0 Å². The number of fused-ring (bicyclic) bond motifs is 1. The van der Waals surface area contributed by atoms with Crippen molar-refractivity contribution < 1.29 is 25.2 Å². The molecule has 0 amide bonds. The Morgan fingerprint density at radius 2 is 1.60 bits per heavy atom. The number of hydrogen-bond donors (Lipinski definition) is 0. The Morgan fingerprint density at radius 3 is 2.08 bits per heavy atom. The molecule has 2 rings (SSSR count). The first kappa shape index (κ1) is 19.6. The van der Waals surface area contributed by atoms with E-state index in [4.69, 9.17) is 3.63 Å². The maximum absolute atomic E-state index is 12.8. The molecule has 0 saturated carbocycles. The van der Waals surface area contributed by atoms with Gasteiger partial charge < -0.3 is 0 Å². The van der Waals surface area contributed by atoms with Crippen LogP contribution < -0.4 is 0 Å². The predicted molar refractivity (Wildman–Crippen MR) is 91.7 cm³/mol. The van der Waals surface area contributed by atoms with Crippen molar-refractivity contribution in [1.29, 1.82) is 5.26 Å². The largest absolute Gasteiger partial charge is 0.523 e. The van der Waals surface area contributed by atoms with E-state index in [-0.39, 0.29) is 11.5 Å². The van der Waals surface area contributed by atoms with E-state index in [1.54, 1.807) is 38.1 Å². The topological polar surface area (TPSA) is 67.2 Å². The Kier molecular flexibility index (Phi) is 5.37. The summed E-state index contributed by atoms with van der Waals surface area (Å²) in [7, 11) is -8.50. The zero-order valence-electron chi connectivity index (χ0n) is 13.5. The van der Waals surface area contributed by atoms with Crippen molar-refractivity contribution in [2.75, 3.05) is 11.5 Å². The summed E-state index contributed by atoms with van der Waals surface area (Å²) in [6, 6.07) is 11.7. The Balaban J connectivity index is 2.75. The third kappa shape index (κ3) is 3.47. The van der Waals surface area contributed by atoms with Crippen molar-refractivity contribution in [1.82, 2.24) is 0 Å². The first-order valence-electron chi connectivity index (χ1n) is 7.35. The minimum absolute atomic E-state index is 0.0920. The number of halogens is 3. The average molecular weight is 391 g/mol. The minimum atomic E-state index is -5.74. The molecular formula is C16H16F3NO3S2. The molecule has 0 atom stereocenters. The normalized spacial score (nSPS) is 13.6. The van der Waals surface area contributed by atoms with Crippen LogP contribution in [0.2, 0.25) is 0 Å². The van der Waals surface area contributed by atoms with Crippen LogP contribution in [0.1, 0.15) is 19.4 Å². The van der Waals surface area contributed by atoms with E-state index in [2.05, 4.69) is 0 Å². The highest BCUT2D eigenvalue weighted by Gasteiger charge is 2.51. The van der Waals surface area contributed by atoms with E-state index >= 15 is 0 Å². The Labute approximate surface area is 145 Å². The van der Waals surface area contributed by atoms with E-state index in [0.717, 1.165) is 0 Å². The molecule has 0 bridgehead atoms. The van der Waals surface area contributed by atoms with Gasteiger partial charge in [-0.1, -0.05) is 48.4 Å². The lowest BCUT2D eigenvalue weighted by Crippen LogP contribution is -2.28. The van der Waals surface area contributed by atoms with Crippen LogP contribution in [0.4, 0.5) is 13.2 Å². The van der Waals surface area contributed by atoms with Crippen LogP contribution in [0.3, 0.4) is 0 Å². The second-order valence-corrected chi connectivity index (χ2v) is 10.3. The van der Waals surface area contributed by atoms with Gasteiger partial charge in [-0.05, 0) is 17.5 Å². The second kappa shape index (κ2) is 6.86. The van der Waals surface area contributed by atoms with Gasteiger partial charge in [-0.3, -0.25) is 0 Å². The summed E-state index contributed by atoms with van der Waals surface area (Å²) in [5, 5.41) is 10.3. The third-order valence-corrected chi connectivity index (χ3v) is 9.19. The zero-order chi connectivity index (χ0) is 18.9. The fourth-order valence-electron chi connectivity index (χ4n) is 2.55. The van der Waals surface area contributed by atoms with Crippen molar-refractivity contribution in [3.05, 3.63) is 42.0 Å². The molecule has 0 spiro atoms. The first-order valence-corrected chi connectivity index (χ1v) is 10.6. The van der Waals surface area contributed by atoms with Crippen LogP contribution in [0.25, 0.3) is 10.8 Å². The summed E-state index contributed by atoms with van der Waals surface area (Å²) in [6.45, 7) is 3.19. The summed E-state index contributed by atoms with van der Waals surface area (Å²) >= 11 is 0. The van der Waals surface area contributed by atoms with Crippen LogP contribution in [0.5, 0.6) is 0 Å². The summed E-state index contributed by atoms with van der Waals surface area (Å²) in [5.41, 5.74) is -5.13. The van der Waals surface area contributed by atoms with E-state index in [0.29, 0.717) is 21.2 Å². The van der Waals surface area contributed by atoms with Gasteiger partial charge in [-0.15, -0.1) is 0 Å². The lowest BCUT2D eigenvalue weighted by molar-refractivity contribution is -0.0496. The van der Waals surface area contributed by atoms with Crippen LogP contribution in [0.15, 0.2) is 41.3 Å². The molecule has 0 fully saturated rings. The zero-order valence-corrected chi connectivity index (χ0v) is 15.1. The number of alkyl halides is 3. The number of rotatable bonds is 5. The fraction of sp³-hybridized carbons (Fsp3) is 0.312. The lowest BCUT2D eigenvalue weighted by atomic mass is 10.1. The van der Waals surface area contributed by atoms with E-state index in [9.17, 15) is 26.9 Å². The summed E-state index contributed by atoms with van der Waals surface area (Å²) in [4.78, 5) is 0.389. The molecule has 2 aromatic carbocycles. The molecule has 0 aliphatic heterocycles. The molecule has 0 heterocycles. The molecule has 9 heteroatoms. The van der Waals surface area contributed by atoms with Gasteiger partial charge in [0, 0.05) is 21.8 Å². The quantitative estimate of drug-likeness (QED) is 0.693. The van der Waals surface area contributed by atoms with Gasteiger partial charge in [0.05, 0.1) is 11.6 Å². The first-order chi connectivity index (χ1) is 11.6. The Hall–Kier alpha value is -1.76. The van der Waals surface area contributed by atoms with Crippen molar-refractivity contribution in [3.63, 3.8) is 0 Å². The standard InChI is InChI=1S/C16H16F3NO3S2/c1-3-24(4-2,23-25(21,22)16(17,18)19)15-10-9-12(11-20)13-7-5-6-8-14(13)15/h5-10H,3-4H2,1-2H3. The van der Waals surface area contributed by atoms with Crippen LogP contribution >= 0.6 is 10.3 Å². The molecule has 0 N–H and O–H groups in total. The van der Waals surface area contributed by atoms with Gasteiger partial charge in [0.25, 0.3) is 0 Å². The van der Waals surface area contributed by atoms with E-state index in [1.807, 2.05) is 6.07 Å². The molecule has 0 aliphatic carbocycles. The molecule has 0 radical (unpaired) electrons. The minimum Gasteiger partial charge on any atom is -0.209 e. The van der Waals surface area contributed by atoms with Crippen molar-refractivity contribution in [3.8, 4) is 6.07 Å². The monoisotopic (exact) mass is 391 g/mol. The number of hydrogen-bond acceptors (Lipinski definition) is 4. The molecular weight excluding hydrogens is 375 g/mol. The van der Waals surface area contributed by atoms with Gasteiger partial charge in [-0.2, -0.15) is 26.9 Å². The third-order valence-electron chi connectivity index (χ3n) is 3.84. The number of benzene rings is 2. The highest BCUT2D eigenvalue weighted by Crippen LogP contribution is 2.60. The summed E-state index contributed by atoms with van der Waals surface area (Å²) in [6.07, 6.45) is 0. The van der Waals surface area contributed by atoms with Crippen molar-refractivity contribution in [2.45, 2.75) is 24.3 Å². The fourth-order valence-corrected chi connectivity index (χ4v) is 7.22. The van der Waals surface area contributed by atoms with Gasteiger partial charge in [0.1, 0.15) is 0 Å². The van der Waals surface area contributed by atoms with Crippen LogP contribution in [0, 0.1) is 11.3 Å². The maximum atomic E-state index is 12.8. The lowest BCUT2D eigenvalue weighted by Gasteiger charge is -2.37. The maximum Gasteiger partial charge on any atom is 0.523 e. The molecule has 0 aromatic heterocycles. The van der Waals surface area contributed by atoms with Gasteiger partial charge in [-0.25, -0.2) is 3.63 Å². The summed E-state index contributed by atoms with van der Waals surface area (Å²) in [5.74, 6) is 0.184. The highest BCUT2D eigenvalue weighted by atomic mass is 32.3. The van der Waals surface area contributed by atoms with E-state index in [1.165, 1.54) is 12.1 Å². The van der Waals surface area contributed by atoms with E-state index < -0.39 is 25.9 Å². The predicted octanol–water partition coefficient (Wildman–Crippen LogP) is 4.70. The summed E-state index contributed by atoms with van der Waals surface area (Å²) < 4.78 is 66.6. The number of nitrogens with zero attached hydrogens (tertiary/aromatic N) is 1.